The molecule has 0 spiro atoms. The van der Waals surface area contributed by atoms with Gasteiger partial charge in [0.2, 0.25) is 0 Å². The summed E-state index contributed by atoms with van der Waals surface area (Å²) in [6.07, 6.45) is 1.09. The second kappa shape index (κ2) is 8.80. The lowest BCUT2D eigenvalue weighted by atomic mass is 10.1. The molecule has 2 aromatic rings. The topological polar surface area (TPSA) is 30.5 Å². The summed E-state index contributed by atoms with van der Waals surface area (Å²) in [5.41, 5.74) is 3.36. The zero-order valence-electron chi connectivity index (χ0n) is 14.0. The molecule has 0 atom stereocenters. The first kappa shape index (κ1) is 17.6. The molecule has 0 fully saturated rings. The Bertz CT molecular complexity index is 626. The molecule has 124 valence electrons. The highest BCUT2D eigenvalue weighted by Crippen LogP contribution is 2.34. The van der Waals surface area contributed by atoms with Gasteiger partial charge in [0, 0.05) is 17.6 Å². The Morgan fingerprint density at radius 1 is 1.09 bits per heavy atom. The van der Waals surface area contributed by atoms with Gasteiger partial charge in [0.05, 0.1) is 7.11 Å². The number of benzene rings is 2. The average Bonchev–Trinajstić information content (AvgIpc) is 2.56. The van der Waals surface area contributed by atoms with Gasteiger partial charge in [-0.15, -0.1) is 0 Å². The smallest absolute Gasteiger partial charge is 0.163 e. The number of nitrogens with one attached hydrogen (secondary N) is 1. The number of halogens is 1. The zero-order valence-corrected chi connectivity index (χ0v) is 14.7. The van der Waals surface area contributed by atoms with E-state index in [9.17, 15) is 0 Å². The van der Waals surface area contributed by atoms with Crippen LogP contribution in [0.1, 0.15) is 30.0 Å². The first-order chi connectivity index (χ1) is 11.1. The summed E-state index contributed by atoms with van der Waals surface area (Å²) in [6, 6.07) is 12.0. The second-order valence-electron chi connectivity index (χ2n) is 5.55. The highest BCUT2D eigenvalue weighted by Gasteiger charge is 2.11. The van der Waals surface area contributed by atoms with E-state index in [1.807, 2.05) is 12.1 Å². The third kappa shape index (κ3) is 5.15. The number of hydrogen-bond donors (Lipinski definition) is 1. The summed E-state index contributed by atoms with van der Waals surface area (Å²) < 4.78 is 11.3. The van der Waals surface area contributed by atoms with E-state index in [1.165, 1.54) is 5.56 Å². The lowest BCUT2D eigenvalue weighted by Gasteiger charge is -2.14. The van der Waals surface area contributed by atoms with Crippen molar-refractivity contribution in [1.29, 1.82) is 0 Å². The summed E-state index contributed by atoms with van der Waals surface area (Å²) >= 11 is 6.36. The van der Waals surface area contributed by atoms with Crippen molar-refractivity contribution in [2.24, 2.45) is 0 Å². The Morgan fingerprint density at radius 3 is 2.48 bits per heavy atom. The van der Waals surface area contributed by atoms with Crippen LogP contribution >= 0.6 is 11.6 Å². The number of hydrogen-bond acceptors (Lipinski definition) is 3. The van der Waals surface area contributed by atoms with Crippen LogP contribution in [0.15, 0.2) is 36.4 Å². The van der Waals surface area contributed by atoms with Gasteiger partial charge in [-0.25, -0.2) is 0 Å². The molecule has 0 aromatic heterocycles. The molecule has 0 saturated heterocycles. The van der Waals surface area contributed by atoms with Crippen molar-refractivity contribution in [1.82, 2.24) is 5.32 Å². The highest BCUT2D eigenvalue weighted by atomic mass is 35.5. The predicted molar refractivity (Wildman–Crippen MR) is 95.5 cm³/mol. The molecule has 0 heterocycles. The Balaban J connectivity index is 2.08. The van der Waals surface area contributed by atoms with Crippen LogP contribution in [-0.4, -0.2) is 13.7 Å². The standard InChI is InChI=1S/C19H24ClNO2/c1-4-9-21-12-16-10-18(22-3)19(11-17(16)20)23-13-15-7-5-14(2)6-8-15/h5-8,10-11,21H,4,9,12-13H2,1-3H3. The molecule has 2 rings (SSSR count). The summed E-state index contributed by atoms with van der Waals surface area (Å²) in [5, 5.41) is 4.03. The molecular weight excluding hydrogens is 310 g/mol. The molecule has 2 aromatic carbocycles. The minimum atomic E-state index is 0.487. The van der Waals surface area contributed by atoms with Crippen LogP contribution in [0, 0.1) is 6.92 Å². The Hall–Kier alpha value is -1.71. The molecule has 0 radical (unpaired) electrons. The van der Waals surface area contributed by atoms with Gasteiger partial charge in [-0.1, -0.05) is 48.4 Å². The maximum atomic E-state index is 6.36. The van der Waals surface area contributed by atoms with Crippen molar-refractivity contribution in [3.05, 3.63) is 58.1 Å². The number of methoxy groups -OCH3 is 1. The van der Waals surface area contributed by atoms with Gasteiger partial charge < -0.3 is 14.8 Å². The van der Waals surface area contributed by atoms with Crippen LogP contribution in [0.3, 0.4) is 0 Å². The molecule has 1 N–H and O–H groups in total. The van der Waals surface area contributed by atoms with Crippen molar-refractivity contribution in [3.63, 3.8) is 0 Å². The van der Waals surface area contributed by atoms with E-state index in [2.05, 4.69) is 43.4 Å². The van der Waals surface area contributed by atoms with Crippen LogP contribution in [0.25, 0.3) is 0 Å². The highest BCUT2D eigenvalue weighted by molar-refractivity contribution is 6.31. The molecule has 0 aliphatic rings. The normalized spacial score (nSPS) is 10.6. The van der Waals surface area contributed by atoms with E-state index in [0.29, 0.717) is 23.1 Å². The summed E-state index contributed by atoms with van der Waals surface area (Å²) in [4.78, 5) is 0. The van der Waals surface area contributed by atoms with Gasteiger partial charge in [-0.3, -0.25) is 0 Å². The van der Waals surface area contributed by atoms with Gasteiger partial charge in [-0.05, 0) is 37.1 Å². The van der Waals surface area contributed by atoms with E-state index in [0.717, 1.165) is 30.6 Å². The molecular formula is C19H24ClNO2. The summed E-state index contributed by atoms with van der Waals surface area (Å²) in [7, 11) is 1.64. The van der Waals surface area contributed by atoms with E-state index in [1.54, 1.807) is 7.11 Å². The molecule has 3 nitrogen and oxygen atoms in total. The number of rotatable bonds is 8. The zero-order chi connectivity index (χ0) is 16.7. The molecule has 0 aliphatic heterocycles. The third-order valence-electron chi connectivity index (χ3n) is 3.59. The maximum absolute atomic E-state index is 6.36. The molecule has 0 bridgehead atoms. The van der Waals surface area contributed by atoms with Gasteiger partial charge >= 0.3 is 0 Å². The van der Waals surface area contributed by atoms with Gasteiger partial charge in [0.1, 0.15) is 6.61 Å². The molecule has 0 amide bonds. The fraction of sp³-hybridized carbons (Fsp3) is 0.368. The monoisotopic (exact) mass is 333 g/mol. The van der Waals surface area contributed by atoms with Crippen LogP contribution < -0.4 is 14.8 Å². The van der Waals surface area contributed by atoms with E-state index < -0.39 is 0 Å². The molecule has 23 heavy (non-hydrogen) atoms. The van der Waals surface area contributed by atoms with Crippen LogP contribution in [0.2, 0.25) is 5.02 Å². The van der Waals surface area contributed by atoms with Crippen LogP contribution in [0.4, 0.5) is 0 Å². The van der Waals surface area contributed by atoms with Crippen LogP contribution in [-0.2, 0) is 13.2 Å². The summed E-state index contributed by atoms with van der Waals surface area (Å²) in [5.74, 6) is 1.37. The number of ether oxygens (including phenoxy) is 2. The molecule has 0 aliphatic carbocycles. The SMILES string of the molecule is CCCNCc1cc(OC)c(OCc2ccc(C)cc2)cc1Cl. The van der Waals surface area contributed by atoms with Gasteiger partial charge in [0.25, 0.3) is 0 Å². The molecule has 0 saturated carbocycles. The molecule has 4 heteroatoms. The summed E-state index contributed by atoms with van der Waals surface area (Å²) in [6.45, 7) is 6.38. The minimum absolute atomic E-state index is 0.487. The average molecular weight is 334 g/mol. The van der Waals surface area contributed by atoms with Crippen molar-refractivity contribution >= 4 is 11.6 Å². The van der Waals surface area contributed by atoms with Crippen molar-refractivity contribution in [2.75, 3.05) is 13.7 Å². The number of aryl methyl sites for hydroxylation is 1. The quantitative estimate of drug-likeness (QED) is 0.708. The minimum Gasteiger partial charge on any atom is -0.493 e. The second-order valence-corrected chi connectivity index (χ2v) is 5.95. The fourth-order valence-electron chi connectivity index (χ4n) is 2.23. The lowest BCUT2D eigenvalue weighted by Crippen LogP contribution is -2.14. The van der Waals surface area contributed by atoms with Crippen molar-refractivity contribution in [2.45, 2.75) is 33.4 Å². The molecule has 0 unspecified atom stereocenters. The van der Waals surface area contributed by atoms with E-state index >= 15 is 0 Å². The van der Waals surface area contributed by atoms with Crippen molar-refractivity contribution < 1.29 is 9.47 Å². The Morgan fingerprint density at radius 2 is 1.83 bits per heavy atom. The van der Waals surface area contributed by atoms with Gasteiger partial charge in [0.15, 0.2) is 11.5 Å². The predicted octanol–water partition coefficient (Wildman–Crippen LogP) is 4.74. The first-order valence-corrected chi connectivity index (χ1v) is 8.27. The van der Waals surface area contributed by atoms with Crippen LogP contribution in [0.5, 0.6) is 11.5 Å². The van der Waals surface area contributed by atoms with Crippen molar-refractivity contribution in [3.8, 4) is 11.5 Å². The maximum Gasteiger partial charge on any atom is 0.163 e. The lowest BCUT2D eigenvalue weighted by molar-refractivity contribution is 0.284. The Labute approximate surface area is 143 Å². The fourth-order valence-corrected chi connectivity index (χ4v) is 2.45. The van der Waals surface area contributed by atoms with E-state index in [4.69, 9.17) is 21.1 Å². The van der Waals surface area contributed by atoms with Gasteiger partial charge in [-0.2, -0.15) is 0 Å². The first-order valence-electron chi connectivity index (χ1n) is 7.89. The largest absolute Gasteiger partial charge is 0.493 e. The Kier molecular flexibility index (Phi) is 6.75. The third-order valence-corrected chi connectivity index (χ3v) is 3.94. The van der Waals surface area contributed by atoms with E-state index in [-0.39, 0.29) is 0 Å².